The van der Waals surface area contributed by atoms with Crippen LogP contribution in [0.25, 0.3) is 0 Å². The minimum atomic E-state index is -0.100. The van der Waals surface area contributed by atoms with E-state index in [0.29, 0.717) is 13.1 Å². The normalized spacial score (nSPS) is 10.6. The molecule has 6 heteroatoms. The maximum Gasteiger partial charge on any atom is 0.317 e. The molecule has 0 aliphatic rings. The van der Waals surface area contributed by atoms with E-state index in [1.165, 1.54) is 0 Å². The van der Waals surface area contributed by atoms with Crippen molar-refractivity contribution in [3.8, 4) is 5.75 Å². The molecule has 0 fully saturated rings. The average Bonchev–Trinajstić information content (AvgIpc) is 2.86. The van der Waals surface area contributed by atoms with Gasteiger partial charge in [-0.05, 0) is 44.9 Å². The van der Waals surface area contributed by atoms with Crippen LogP contribution in [0, 0.1) is 20.8 Å². The van der Waals surface area contributed by atoms with Crippen LogP contribution >= 0.6 is 0 Å². The van der Waals surface area contributed by atoms with Crippen LogP contribution in [0.2, 0.25) is 0 Å². The van der Waals surface area contributed by atoms with E-state index in [-0.39, 0.29) is 6.03 Å². The third-order valence-corrected chi connectivity index (χ3v) is 4.47. The van der Waals surface area contributed by atoms with E-state index in [4.69, 9.17) is 4.74 Å². The number of rotatable bonds is 6. The Morgan fingerprint density at radius 3 is 2.60 bits per heavy atom. The van der Waals surface area contributed by atoms with Crippen molar-refractivity contribution in [2.45, 2.75) is 47.3 Å². The van der Waals surface area contributed by atoms with Gasteiger partial charge in [0, 0.05) is 37.9 Å². The van der Waals surface area contributed by atoms with E-state index in [9.17, 15) is 4.79 Å². The number of methoxy groups -OCH3 is 1. The molecule has 0 saturated heterocycles. The van der Waals surface area contributed by atoms with E-state index in [0.717, 1.165) is 40.4 Å². The van der Waals surface area contributed by atoms with Crippen molar-refractivity contribution in [1.29, 1.82) is 0 Å². The number of hydrogen-bond donors (Lipinski definition) is 1. The van der Waals surface area contributed by atoms with Gasteiger partial charge in [0.2, 0.25) is 0 Å². The number of carbonyl (C=O) groups excluding carboxylic acids is 1. The van der Waals surface area contributed by atoms with E-state index in [2.05, 4.69) is 17.3 Å². The molecule has 1 aromatic carbocycles. The molecular formula is C19H28N4O2. The van der Waals surface area contributed by atoms with Gasteiger partial charge in [-0.1, -0.05) is 12.1 Å². The fraction of sp³-hybridized carbons (Fsp3) is 0.474. The van der Waals surface area contributed by atoms with Crippen LogP contribution in [-0.4, -0.2) is 34.9 Å². The minimum absolute atomic E-state index is 0.100. The Kier molecular flexibility index (Phi) is 6.07. The molecule has 6 nitrogen and oxygen atoms in total. The molecule has 0 unspecified atom stereocenters. The molecule has 0 spiro atoms. The molecule has 2 rings (SSSR count). The fourth-order valence-corrected chi connectivity index (χ4v) is 2.98. The maximum absolute atomic E-state index is 12.4. The van der Waals surface area contributed by atoms with Crippen LogP contribution in [-0.2, 0) is 19.6 Å². The van der Waals surface area contributed by atoms with Gasteiger partial charge in [0.05, 0.1) is 12.8 Å². The number of nitrogens with zero attached hydrogens (tertiary/aromatic N) is 3. The lowest BCUT2D eigenvalue weighted by molar-refractivity contribution is 0.206. The van der Waals surface area contributed by atoms with Crippen LogP contribution in [0.3, 0.4) is 0 Å². The van der Waals surface area contributed by atoms with Gasteiger partial charge in [-0.15, -0.1) is 0 Å². The van der Waals surface area contributed by atoms with Crippen molar-refractivity contribution >= 4 is 6.03 Å². The maximum atomic E-state index is 12.4. The van der Waals surface area contributed by atoms with Crippen LogP contribution in [0.5, 0.6) is 5.75 Å². The van der Waals surface area contributed by atoms with Crippen LogP contribution in [0.1, 0.15) is 35.0 Å². The van der Waals surface area contributed by atoms with Crippen LogP contribution in [0.4, 0.5) is 4.79 Å². The highest BCUT2D eigenvalue weighted by Gasteiger charge is 2.14. The second-order valence-corrected chi connectivity index (χ2v) is 6.28. The fourth-order valence-electron chi connectivity index (χ4n) is 2.98. The first-order valence-electron chi connectivity index (χ1n) is 8.52. The predicted octanol–water partition coefficient (Wildman–Crippen LogP) is 3.18. The van der Waals surface area contributed by atoms with E-state index in [1.54, 1.807) is 19.1 Å². The third kappa shape index (κ3) is 4.32. The summed E-state index contributed by atoms with van der Waals surface area (Å²) >= 11 is 0. The van der Waals surface area contributed by atoms with Crippen molar-refractivity contribution in [1.82, 2.24) is 20.0 Å². The van der Waals surface area contributed by atoms with Crippen molar-refractivity contribution in [3.63, 3.8) is 0 Å². The summed E-state index contributed by atoms with van der Waals surface area (Å²) in [5.74, 6) is 0.856. The third-order valence-electron chi connectivity index (χ3n) is 4.47. The van der Waals surface area contributed by atoms with E-state index < -0.39 is 0 Å². The van der Waals surface area contributed by atoms with Crippen molar-refractivity contribution in [2.75, 3.05) is 14.2 Å². The lowest BCUT2D eigenvalue weighted by atomic mass is 10.1. The van der Waals surface area contributed by atoms with E-state index >= 15 is 0 Å². The molecular weight excluding hydrogens is 316 g/mol. The molecule has 0 atom stereocenters. The first kappa shape index (κ1) is 18.8. The Bertz CT molecular complexity index is 752. The number of aryl methyl sites for hydroxylation is 3. The van der Waals surface area contributed by atoms with Gasteiger partial charge >= 0.3 is 6.03 Å². The number of amides is 2. The number of urea groups is 1. The highest BCUT2D eigenvalue weighted by atomic mass is 16.5. The van der Waals surface area contributed by atoms with Gasteiger partial charge in [-0.2, -0.15) is 5.10 Å². The minimum Gasteiger partial charge on any atom is -0.496 e. The van der Waals surface area contributed by atoms with Gasteiger partial charge in [-0.3, -0.25) is 4.68 Å². The van der Waals surface area contributed by atoms with Gasteiger partial charge < -0.3 is 15.0 Å². The largest absolute Gasteiger partial charge is 0.496 e. The monoisotopic (exact) mass is 344 g/mol. The first-order chi connectivity index (χ1) is 11.9. The zero-order valence-electron chi connectivity index (χ0n) is 16.0. The summed E-state index contributed by atoms with van der Waals surface area (Å²) in [4.78, 5) is 14.1. The Balaban J connectivity index is 1.97. The Hall–Kier alpha value is -2.50. The molecule has 0 bridgehead atoms. The predicted molar refractivity (Wildman–Crippen MR) is 98.8 cm³/mol. The number of ether oxygens (including phenoxy) is 1. The zero-order chi connectivity index (χ0) is 18.6. The molecule has 2 amide bonds. The molecule has 0 radical (unpaired) electrons. The second kappa shape index (κ2) is 8.05. The average molecular weight is 344 g/mol. The summed E-state index contributed by atoms with van der Waals surface area (Å²) < 4.78 is 7.23. The molecule has 136 valence electrons. The molecule has 0 aliphatic heterocycles. The number of carbonyl (C=O) groups is 1. The summed E-state index contributed by atoms with van der Waals surface area (Å²) in [6.45, 7) is 9.94. The molecule has 1 heterocycles. The Labute approximate surface area is 149 Å². The SMILES string of the molecule is CCn1nc(C)c(CNC(=O)N(C)Cc2ccc(OC)c(C)c2)c1C. The number of aromatic nitrogens is 2. The van der Waals surface area contributed by atoms with Crippen molar-refractivity contribution < 1.29 is 9.53 Å². The smallest absolute Gasteiger partial charge is 0.317 e. The van der Waals surface area contributed by atoms with Gasteiger partial charge in [0.15, 0.2) is 0 Å². The highest BCUT2D eigenvalue weighted by molar-refractivity contribution is 5.73. The first-order valence-corrected chi connectivity index (χ1v) is 8.52. The molecule has 1 aromatic heterocycles. The second-order valence-electron chi connectivity index (χ2n) is 6.28. The summed E-state index contributed by atoms with van der Waals surface area (Å²) in [6, 6.07) is 5.86. The summed E-state index contributed by atoms with van der Waals surface area (Å²) in [7, 11) is 3.45. The Morgan fingerprint density at radius 2 is 2.04 bits per heavy atom. The molecule has 1 N–H and O–H groups in total. The highest BCUT2D eigenvalue weighted by Crippen LogP contribution is 2.19. The number of benzene rings is 1. The van der Waals surface area contributed by atoms with Gasteiger partial charge in [0.25, 0.3) is 0 Å². The molecule has 2 aromatic rings. The summed E-state index contributed by atoms with van der Waals surface area (Å²) in [5.41, 5.74) is 5.29. The quantitative estimate of drug-likeness (QED) is 0.875. The standard InChI is InChI=1S/C19H28N4O2/c1-7-23-15(4)17(14(3)21-23)11-20-19(24)22(5)12-16-8-9-18(25-6)13(2)10-16/h8-10H,7,11-12H2,1-6H3,(H,20,24). The van der Waals surface area contributed by atoms with Gasteiger partial charge in [0.1, 0.15) is 5.75 Å². The van der Waals surface area contributed by atoms with E-state index in [1.807, 2.05) is 43.7 Å². The number of hydrogen-bond acceptors (Lipinski definition) is 3. The summed E-state index contributed by atoms with van der Waals surface area (Å²) in [5, 5.41) is 7.47. The molecule has 25 heavy (non-hydrogen) atoms. The molecule has 0 aliphatic carbocycles. The Morgan fingerprint density at radius 1 is 1.32 bits per heavy atom. The van der Waals surface area contributed by atoms with Crippen LogP contribution in [0.15, 0.2) is 18.2 Å². The zero-order valence-corrected chi connectivity index (χ0v) is 16.0. The topological polar surface area (TPSA) is 59.4 Å². The van der Waals surface area contributed by atoms with Crippen LogP contribution < -0.4 is 10.1 Å². The number of nitrogens with one attached hydrogen (secondary N) is 1. The van der Waals surface area contributed by atoms with Gasteiger partial charge in [-0.25, -0.2) is 4.79 Å². The molecule has 0 saturated carbocycles. The summed E-state index contributed by atoms with van der Waals surface area (Å²) in [6.07, 6.45) is 0. The lowest BCUT2D eigenvalue weighted by Crippen LogP contribution is -2.36. The van der Waals surface area contributed by atoms with Crippen molar-refractivity contribution in [3.05, 3.63) is 46.3 Å². The lowest BCUT2D eigenvalue weighted by Gasteiger charge is -2.19. The van der Waals surface area contributed by atoms with Crippen molar-refractivity contribution in [2.24, 2.45) is 0 Å².